The van der Waals surface area contributed by atoms with Gasteiger partial charge >= 0.3 is 0 Å². The van der Waals surface area contributed by atoms with Crippen molar-refractivity contribution in [1.82, 2.24) is 9.80 Å². The van der Waals surface area contributed by atoms with Crippen LogP contribution in [-0.4, -0.2) is 80.9 Å². The number of thioether (sulfide) groups is 1. The van der Waals surface area contributed by atoms with E-state index in [1.807, 2.05) is 41.3 Å². The lowest BCUT2D eigenvalue weighted by Gasteiger charge is -2.39. The number of hydrogen-bond donors (Lipinski definition) is 1. The minimum absolute atomic E-state index is 0.00555. The van der Waals surface area contributed by atoms with Gasteiger partial charge in [-0.3, -0.25) is 14.4 Å². The van der Waals surface area contributed by atoms with Gasteiger partial charge in [0.1, 0.15) is 6.04 Å². The Morgan fingerprint density at radius 3 is 2.49 bits per heavy atom. The number of benzene rings is 1. The van der Waals surface area contributed by atoms with Gasteiger partial charge in [0.05, 0.1) is 16.6 Å². The SMILES string of the molecule is O=C1[C@@H]2[C@H](C=CCN1c1ccccc1)S[C@]13C=CCN(C4CCCCC4)C(=O)C1N(CCCO)C(=O)[C@H]23. The summed E-state index contributed by atoms with van der Waals surface area (Å²) in [6, 6.07) is 9.15. The first-order valence-corrected chi connectivity index (χ1v) is 14.5. The van der Waals surface area contributed by atoms with Crippen LogP contribution in [0.15, 0.2) is 54.6 Å². The molecule has 3 fully saturated rings. The number of fused-ring (bicyclic) bond motifs is 2. The number of para-hydroxylation sites is 1. The number of aliphatic hydroxyl groups is 1. The van der Waals surface area contributed by atoms with E-state index in [0.717, 1.165) is 31.4 Å². The van der Waals surface area contributed by atoms with Crippen LogP contribution in [0.25, 0.3) is 0 Å². The van der Waals surface area contributed by atoms with Crippen molar-refractivity contribution < 1.29 is 19.5 Å². The van der Waals surface area contributed by atoms with E-state index in [9.17, 15) is 19.5 Å². The van der Waals surface area contributed by atoms with Crippen molar-refractivity contribution in [3.63, 3.8) is 0 Å². The third-order valence-electron chi connectivity index (χ3n) is 8.83. The molecule has 1 N–H and O–H groups in total. The third kappa shape index (κ3) is 3.95. The van der Waals surface area contributed by atoms with Crippen molar-refractivity contribution in [2.24, 2.45) is 11.8 Å². The average Bonchev–Trinajstić information content (AvgIpc) is 3.23. The van der Waals surface area contributed by atoms with Gasteiger partial charge in [0.2, 0.25) is 17.7 Å². The molecule has 0 aromatic heterocycles. The molecule has 1 spiro atoms. The van der Waals surface area contributed by atoms with Gasteiger partial charge in [-0.15, -0.1) is 11.8 Å². The average molecular weight is 522 g/mol. The first kappa shape index (κ1) is 24.7. The second-order valence-electron chi connectivity index (χ2n) is 10.8. The predicted octanol–water partition coefficient (Wildman–Crippen LogP) is 3.00. The Bertz CT molecular complexity index is 1120. The fourth-order valence-electron chi connectivity index (χ4n) is 7.20. The topological polar surface area (TPSA) is 81.2 Å². The van der Waals surface area contributed by atoms with Crippen molar-refractivity contribution in [3.05, 3.63) is 54.6 Å². The van der Waals surface area contributed by atoms with Crippen molar-refractivity contribution >= 4 is 35.2 Å². The van der Waals surface area contributed by atoms with Crippen LogP contribution in [0.4, 0.5) is 5.69 Å². The summed E-state index contributed by atoms with van der Waals surface area (Å²) >= 11 is 1.62. The lowest BCUT2D eigenvalue weighted by molar-refractivity contribution is -0.144. The Kier molecular flexibility index (Phi) is 6.65. The van der Waals surface area contributed by atoms with Crippen molar-refractivity contribution in [3.8, 4) is 0 Å². The summed E-state index contributed by atoms with van der Waals surface area (Å²) < 4.78 is -0.790. The molecule has 3 amide bonds. The van der Waals surface area contributed by atoms with Gasteiger partial charge < -0.3 is 19.8 Å². The van der Waals surface area contributed by atoms with E-state index in [1.54, 1.807) is 21.6 Å². The highest BCUT2D eigenvalue weighted by molar-refractivity contribution is 8.02. The van der Waals surface area contributed by atoms with E-state index in [2.05, 4.69) is 18.2 Å². The number of amides is 3. The van der Waals surface area contributed by atoms with E-state index in [1.165, 1.54) is 6.42 Å². The molecule has 1 aromatic rings. The normalized spacial score (nSPS) is 33.9. The highest BCUT2D eigenvalue weighted by Gasteiger charge is 2.71. The van der Waals surface area contributed by atoms with E-state index < -0.39 is 22.6 Å². The van der Waals surface area contributed by atoms with Crippen LogP contribution in [0.2, 0.25) is 0 Å². The first-order valence-electron chi connectivity index (χ1n) is 13.7. The maximum atomic E-state index is 14.3. The van der Waals surface area contributed by atoms with Crippen LogP contribution in [0.1, 0.15) is 38.5 Å². The zero-order valence-electron chi connectivity index (χ0n) is 21.1. The molecule has 0 radical (unpaired) electrons. The lowest BCUT2D eigenvalue weighted by atomic mass is 9.78. The fraction of sp³-hybridized carbons (Fsp3) is 0.552. The fourth-order valence-corrected chi connectivity index (χ4v) is 9.20. The molecule has 0 bridgehead atoms. The quantitative estimate of drug-likeness (QED) is 0.603. The standard InChI is InChI=1S/C29H35N3O4S/c33-19-9-18-32-25-28(36)31(21-12-5-2-6-13-21)17-8-15-29(25)24(27(32)35)23-22(37-29)14-7-16-30(26(23)34)20-10-3-1-4-11-20/h1,3-4,7-8,10-11,14-15,21-25,33H,2,5-6,9,12-13,16-19H2/t22-,23+,24-,25?,29-/m0/s1. The van der Waals surface area contributed by atoms with Gasteiger partial charge in [-0.2, -0.15) is 0 Å². The van der Waals surface area contributed by atoms with E-state index >= 15 is 0 Å². The summed E-state index contributed by atoms with van der Waals surface area (Å²) in [7, 11) is 0. The smallest absolute Gasteiger partial charge is 0.247 e. The number of likely N-dealkylation sites (tertiary alicyclic amines) is 1. The Morgan fingerprint density at radius 2 is 1.73 bits per heavy atom. The monoisotopic (exact) mass is 521 g/mol. The molecule has 37 heavy (non-hydrogen) atoms. The molecule has 8 heteroatoms. The van der Waals surface area contributed by atoms with Gasteiger partial charge in [-0.1, -0.05) is 61.8 Å². The molecule has 1 aliphatic carbocycles. The molecule has 7 nitrogen and oxygen atoms in total. The molecule has 5 atom stereocenters. The summed E-state index contributed by atoms with van der Waals surface area (Å²) in [6.07, 6.45) is 14.1. The summed E-state index contributed by atoms with van der Waals surface area (Å²) in [5, 5.41) is 9.42. The van der Waals surface area contributed by atoms with Gasteiger partial charge in [-0.25, -0.2) is 0 Å². The molecule has 5 aliphatic rings. The van der Waals surface area contributed by atoms with E-state index in [4.69, 9.17) is 0 Å². The highest BCUT2D eigenvalue weighted by Crippen LogP contribution is 2.61. The minimum Gasteiger partial charge on any atom is -0.396 e. The van der Waals surface area contributed by atoms with Crippen LogP contribution >= 0.6 is 11.8 Å². The predicted molar refractivity (Wildman–Crippen MR) is 144 cm³/mol. The molecule has 1 aromatic carbocycles. The number of rotatable bonds is 5. The number of carbonyl (C=O) groups excluding carboxylic acids is 3. The Labute approximate surface area is 222 Å². The minimum atomic E-state index is -0.790. The van der Waals surface area contributed by atoms with Crippen LogP contribution in [0.5, 0.6) is 0 Å². The van der Waals surface area contributed by atoms with Crippen LogP contribution in [-0.2, 0) is 14.4 Å². The lowest BCUT2D eigenvalue weighted by Crippen LogP contribution is -2.55. The van der Waals surface area contributed by atoms with Crippen molar-refractivity contribution in [1.29, 1.82) is 0 Å². The maximum Gasteiger partial charge on any atom is 0.247 e. The molecule has 4 aliphatic heterocycles. The van der Waals surface area contributed by atoms with Crippen molar-refractivity contribution in [2.45, 2.75) is 60.6 Å². The number of nitrogens with zero attached hydrogens (tertiary/aromatic N) is 3. The number of hydrogen-bond acceptors (Lipinski definition) is 5. The van der Waals surface area contributed by atoms with Crippen LogP contribution in [0.3, 0.4) is 0 Å². The second-order valence-corrected chi connectivity index (χ2v) is 12.3. The third-order valence-corrected chi connectivity index (χ3v) is 10.6. The molecular formula is C29H35N3O4S. The zero-order chi connectivity index (χ0) is 25.6. The molecule has 4 heterocycles. The summed E-state index contributed by atoms with van der Waals surface area (Å²) in [5.41, 5.74) is 0.818. The Morgan fingerprint density at radius 1 is 0.946 bits per heavy atom. The molecule has 196 valence electrons. The Balaban J connectivity index is 1.40. The molecular weight excluding hydrogens is 486 g/mol. The summed E-state index contributed by atoms with van der Waals surface area (Å²) in [4.78, 5) is 48.1. The van der Waals surface area contributed by atoms with Gasteiger partial charge in [0, 0.05) is 43.2 Å². The second kappa shape index (κ2) is 9.95. The van der Waals surface area contributed by atoms with Gasteiger partial charge in [0.25, 0.3) is 0 Å². The number of carbonyl (C=O) groups is 3. The zero-order valence-corrected chi connectivity index (χ0v) is 21.9. The maximum absolute atomic E-state index is 14.3. The van der Waals surface area contributed by atoms with E-state index in [-0.39, 0.29) is 35.6 Å². The van der Waals surface area contributed by atoms with E-state index in [0.29, 0.717) is 26.1 Å². The summed E-state index contributed by atoms with van der Waals surface area (Å²) in [6.45, 7) is 1.28. The Hall–Kier alpha value is -2.58. The molecule has 2 saturated heterocycles. The van der Waals surface area contributed by atoms with Gasteiger partial charge in [0.15, 0.2) is 0 Å². The van der Waals surface area contributed by atoms with Crippen LogP contribution in [0, 0.1) is 11.8 Å². The first-order chi connectivity index (χ1) is 18.1. The van der Waals surface area contributed by atoms with Crippen molar-refractivity contribution in [2.75, 3.05) is 31.1 Å². The largest absolute Gasteiger partial charge is 0.396 e. The number of anilines is 1. The molecule has 1 saturated carbocycles. The molecule has 6 rings (SSSR count). The van der Waals surface area contributed by atoms with Crippen LogP contribution < -0.4 is 4.90 Å². The summed E-state index contributed by atoms with van der Waals surface area (Å²) in [5.74, 6) is -1.33. The highest BCUT2D eigenvalue weighted by atomic mass is 32.2. The molecule has 1 unspecified atom stereocenters. The number of aliphatic hydroxyl groups excluding tert-OH is 1. The van der Waals surface area contributed by atoms with Gasteiger partial charge in [-0.05, 0) is 31.4 Å².